The van der Waals surface area contributed by atoms with Crippen molar-refractivity contribution in [2.75, 3.05) is 6.61 Å². The first-order valence-electron chi connectivity index (χ1n) is 9.33. The number of rotatable bonds is 3. The Morgan fingerprint density at radius 1 is 0.968 bits per heavy atom. The SMILES string of the molecule is O=c1cc(-c2ccc(O)cc2)oc2cc(O)c([C@@H]3O[C@H](CO)[C@@H](O)[C@H](O)[C@H]3O)c([O-])c12. The van der Waals surface area contributed by atoms with Crippen LogP contribution in [-0.2, 0) is 4.74 Å². The van der Waals surface area contributed by atoms with Gasteiger partial charge in [0.1, 0.15) is 53.4 Å². The normalized spacial score (nSPS) is 26.3. The second kappa shape index (κ2) is 7.84. The molecule has 0 bridgehead atoms. The molecule has 31 heavy (non-hydrogen) atoms. The Kier molecular flexibility index (Phi) is 5.33. The summed E-state index contributed by atoms with van der Waals surface area (Å²) in [4.78, 5) is 12.7. The first-order chi connectivity index (χ1) is 14.7. The summed E-state index contributed by atoms with van der Waals surface area (Å²) in [5, 5.41) is 72.0. The number of benzene rings is 2. The van der Waals surface area contributed by atoms with Gasteiger partial charge in [0, 0.05) is 23.3 Å². The minimum Gasteiger partial charge on any atom is -0.872 e. The lowest BCUT2D eigenvalue weighted by atomic mass is 9.89. The number of fused-ring (bicyclic) bond motifs is 1. The minimum absolute atomic E-state index is 0.00976. The van der Waals surface area contributed by atoms with Gasteiger partial charge in [-0.2, -0.15) is 0 Å². The molecule has 5 atom stereocenters. The zero-order valence-corrected chi connectivity index (χ0v) is 15.9. The van der Waals surface area contributed by atoms with E-state index in [1.807, 2.05) is 0 Å². The first kappa shape index (κ1) is 21.1. The molecule has 0 spiro atoms. The molecule has 1 aliphatic heterocycles. The predicted molar refractivity (Wildman–Crippen MR) is 103 cm³/mol. The summed E-state index contributed by atoms with van der Waals surface area (Å²) in [7, 11) is 0. The summed E-state index contributed by atoms with van der Waals surface area (Å²) in [6.07, 6.45) is -8.13. The van der Waals surface area contributed by atoms with Crippen molar-refractivity contribution in [1.82, 2.24) is 0 Å². The van der Waals surface area contributed by atoms with Gasteiger partial charge in [-0.05, 0) is 24.3 Å². The van der Waals surface area contributed by atoms with E-state index in [1.54, 1.807) is 0 Å². The van der Waals surface area contributed by atoms with Crippen molar-refractivity contribution < 1.29 is 44.9 Å². The summed E-state index contributed by atoms with van der Waals surface area (Å²) >= 11 is 0. The predicted octanol–water partition coefficient (Wildman–Crippen LogP) is -0.540. The molecule has 0 saturated carbocycles. The van der Waals surface area contributed by atoms with E-state index in [0.29, 0.717) is 5.56 Å². The molecular formula is C21H19O10-. The molecule has 1 saturated heterocycles. The second-order valence-electron chi connectivity index (χ2n) is 7.28. The molecule has 4 rings (SSSR count). The van der Waals surface area contributed by atoms with Crippen LogP contribution in [0.5, 0.6) is 17.2 Å². The lowest BCUT2D eigenvalue weighted by molar-refractivity contribution is -0.274. The minimum atomic E-state index is -1.81. The van der Waals surface area contributed by atoms with Gasteiger partial charge in [-0.1, -0.05) is 5.75 Å². The highest BCUT2D eigenvalue weighted by Crippen LogP contribution is 2.43. The highest BCUT2D eigenvalue weighted by Gasteiger charge is 2.45. The van der Waals surface area contributed by atoms with Gasteiger partial charge in [-0.25, -0.2) is 0 Å². The van der Waals surface area contributed by atoms with Gasteiger partial charge in [0.25, 0.3) is 0 Å². The molecule has 2 heterocycles. The number of hydrogen-bond acceptors (Lipinski definition) is 10. The average molecular weight is 431 g/mol. The van der Waals surface area contributed by atoms with Crippen LogP contribution in [0.1, 0.15) is 11.7 Å². The van der Waals surface area contributed by atoms with Crippen LogP contribution in [0.4, 0.5) is 0 Å². The van der Waals surface area contributed by atoms with Crippen molar-refractivity contribution >= 4 is 11.0 Å². The van der Waals surface area contributed by atoms with E-state index in [-0.39, 0.29) is 17.1 Å². The smallest absolute Gasteiger partial charge is 0.192 e. The van der Waals surface area contributed by atoms with Crippen molar-refractivity contribution in [3.63, 3.8) is 0 Å². The lowest BCUT2D eigenvalue weighted by Gasteiger charge is -2.41. The van der Waals surface area contributed by atoms with Crippen LogP contribution in [-0.4, -0.2) is 61.7 Å². The summed E-state index contributed by atoms with van der Waals surface area (Å²) < 4.78 is 11.0. The van der Waals surface area contributed by atoms with Gasteiger partial charge in [0.15, 0.2) is 5.43 Å². The van der Waals surface area contributed by atoms with Crippen molar-refractivity contribution in [3.05, 3.63) is 52.2 Å². The van der Waals surface area contributed by atoms with Gasteiger partial charge in [0.05, 0.1) is 12.0 Å². The van der Waals surface area contributed by atoms with Gasteiger partial charge in [-0.3, -0.25) is 4.79 Å². The second-order valence-corrected chi connectivity index (χ2v) is 7.28. The van der Waals surface area contributed by atoms with E-state index in [4.69, 9.17) is 9.15 Å². The molecule has 1 fully saturated rings. The van der Waals surface area contributed by atoms with Crippen molar-refractivity contribution in [1.29, 1.82) is 0 Å². The lowest BCUT2D eigenvalue weighted by Crippen LogP contribution is -2.55. The van der Waals surface area contributed by atoms with Crippen molar-refractivity contribution in [2.45, 2.75) is 30.5 Å². The maximum absolute atomic E-state index is 13.0. The third kappa shape index (κ3) is 3.50. The summed E-state index contributed by atoms with van der Waals surface area (Å²) in [6, 6.07) is 7.86. The van der Waals surface area contributed by atoms with Gasteiger partial charge >= 0.3 is 0 Å². The van der Waals surface area contributed by atoms with Crippen LogP contribution in [0.3, 0.4) is 0 Å². The Balaban J connectivity index is 1.85. The van der Waals surface area contributed by atoms with Gasteiger partial charge in [0.2, 0.25) is 0 Å². The van der Waals surface area contributed by atoms with Crippen LogP contribution < -0.4 is 10.5 Å². The maximum Gasteiger partial charge on any atom is 0.192 e. The largest absolute Gasteiger partial charge is 0.872 e. The molecule has 10 nitrogen and oxygen atoms in total. The number of aliphatic hydroxyl groups is 4. The van der Waals surface area contributed by atoms with E-state index < -0.39 is 65.0 Å². The molecule has 0 unspecified atom stereocenters. The number of phenols is 2. The Morgan fingerprint density at radius 3 is 2.29 bits per heavy atom. The molecule has 0 aliphatic carbocycles. The molecule has 2 aromatic carbocycles. The monoisotopic (exact) mass is 431 g/mol. The van der Waals surface area contributed by atoms with E-state index in [0.717, 1.165) is 12.1 Å². The van der Waals surface area contributed by atoms with E-state index in [2.05, 4.69) is 0 Å². The average Bonchev–Trinajstić information content (AvgIpc) is 2.73. The Labute approximate surface area is 174 Å². The zero-order chi connectivity index (χ0) is 22.4. The Bertz CT molecular complexity index is 1170. The number of aromatic hydroxyl groups is 2. The summed E-state index contributed by atoms with van der Waals surface area (Å²) in [5.41, 5.74) is -0.998. The van der Waals surface area contributed by atoms with Crippen LogP contribution in [0, 0.1) is 0 Å². The highest BCUT2D eigenvalue weighted by atomic mass is 16.5. The third-order valence-electron chi connectivity index (χ3n) is 5.32. The fraction of sp³-hybridized carbons (Fsp3) is 0.286. The molecule has 10 heteroatoms. The molecule has 164 valence electrons. The molecule has 6 N–H and O–H groups in total. The fourth-order valence-corrected chi connectivity index (χ4v) is 3.67. The molecule has 1 aromatic heterocycles. The number of phenolic OH excluding ortho intramolecular Hbond substituents is 2. The highest BCUT2D eigenvalue weighted by molar-refractivity contribution is 5.87. The summed E-state index contributed by atoms with van der Waals surface area (Å²) in [5.74, 6) is -1.54. The van der Waals surface area contributed by atoms with E-state index >= 15 is 0 Å². The molecule has 1 aliphatic rings. The molecular weight excluding hydrogens is 412 g/mol. The molecule has 3 aromatic rings. The van der Waals surface area contributed by atoms with Crippen LogP contribution in [0.2, 0.25) is 0 Å². The van der Waals surface area contributed by atoms with E-state index in [1.165, 1.54) is 24.3 Å². The van der Waals surface area contributed by atoms with Crippen LogP contribution in [0.15, 0.2) is 45.6 Å². The first-order valence-corrected chi connectivity index (χ1v) is 9.33. The van der Waals surface area contributed by atoms with E-state index in [9.17, 15) is 40.5 Å². The quantitative estimate of drug-likeness (QED) is 0.315. The summed E-state index contributed by atoms with van der Waals surface area (Å²) in [6.45, 7) is -0.720. The topological polar surface area (TPSA) is 184 Å². The van der Waals surface area contributed by atoms with Crippen molar-refractivity contribution in [2.24, 2.45) is 0 Å². The standard InChI is InChI=1S/C21H20O10/c22-7-14-17(26)19(28)20(29)21(31-14)16-11(25)6-13-15(18(16)27)10(24)5-12(30-13)8-1-3-9(23)4-2-8/h1-6,14,17,19-23,25-29H,7H2/p-1/t14-,17-,19+,20-,21+/m1/s1. The number of hydrogen-bond donors (Lipinski definition) is 6. The van der Waals surface area contributed by atoms with Crippen molar-refractivity contribution in [3.8, 4) is 28.6 Å². The van der Waals surface area contributed by atoms with Crippen LogP contribution in [0.25, 0.3) is 22.3 Å². The number of ether oxygens (including phenoxy) is 1. The molecule has 0 amide bonds. The Hall–Kier alpha value is -3.15. The van der Waals surface area contributed by atoms with Crippen LogP contribution >= 0.6 is 0 Å². The third-order valence-corrected chi connectivity index (χ3v) is 5.32. The fourth-order valence-electron chi connectivity index (χ4n) is 3.67. The maximum atomic E-state index is 13.0. The Morgan fingerprint density at radius 2 is 1.65 bits per heavy atom. The molecule has 0 radical (unpaired) electrons. The van der Waals surface area contributed by atoms with Gasteiger partial charge < -0.3 is 44.9 Å². The van der Waals surface area contributed by atoms with Gasteiger partial charge in [-0.15, -0.1) is 0 Å². The zero-order valence-electron chi connectivity index (χ0n) is 15.9. The number of aliphatic hydroxyl groups excluding tert-OH is 4.